The van der Waals surface area contributed by atoms with E-state index in [0.29, 0.717) is 29.4 Å². The molecule has 1 aliphatic rings. The van der Waals surface area contributed by atoms with Crippen LogP contribution in [0.3, 0.4) is 0 Å². The number of carbonyl (C=O) groups excluding carboxylic acids is 3. The lowest BCUT2D eigenvalue weighted by Gasteiger charge is -2.34. The molecule has 3 aromatic rings. The normalized spacial score (nSPS) is 15.5. The van der Waals surface area contributed by atoms with Crippen LogP contribution in [0.1, 0.15) is 43.1 Å². The summed E-state index contributed by atoms with van der Waals surface area (Å²) in [4.78, 5) is 40.0. The summed E-state index contributed by atoms with van der Waals surface area (Å²) in [5.74, 6) is -0.295. The standard InChI is InChI=1S/C29H30N2O6/c1-3-35-29(34)28-20(2)31(18-26(32)30-17-24-10-7-15-36-24)27(33)16-25(28)22-11-13-23(14-12-22)37-19-21-8-5-4-6-9-21/h4-15,25H,3,16-19H2,1-2H3,(H,30,32). The van der Waals surface area contributed by atoms with Crippen molar-refractivity contribution >= 4 is 17.8 Å². The highest BCUT2D eigenvalue weighted by atomic mass is 16.5. The van der Waals surface area contributed by atoms with E-state index >= 15 is 0 Å². The second-order valence-electron chi connectivity index (χ2n) is 8.66. The fraction of sp³-hybridized carbons (Fsp3) is 0.276. The van der Waals surface area contributed by atoms with Gasteiger partial charge in [0.05, 0.1) is 25.0 Å². The van der Waals surface area contributed by atoms with Crippen LogP contribution in [-0.2, 0) is 32.3 Å². The fourth-order valence-electron chi connectivity index (χ4n) is 4.30. The molecular formula is C29H30N2O6. The molecule has 2 heterocycles. The molecule has 0 saturated carbocycles. The van der Waals surface area contributed by atoms with Gasteiger partial charge >= 0.3 is 5.97 Å². The lowest BCUT2D eigenvalue weighted by atomic mass is 9.83. The molecule has 1 aromatic heterocycles. The van der Waals surface area contributed by atoms with E-state index < -0.39 is 11.9 Å². The Morgan fingerprint density at radius 3 is 2.49 bits per heavy atom. The zero-order valence-corrected chi connectivity index (χ0v) is 20.9. The number of allylic oxidation sites excluding steroid dienone is 1. The fourth-order valence-corrected chi connectivity index (χ4v) is 4.30. The Hall–Kier alpha value is -4.33. The summed E-state index contributed by atoms with van der Waals surface area (Å²) < 4.78 is 16.4. The summed E-state index contributed by atoms with van der Waals surface area (Å²) in [6, 6.07) is 20.7. The maximum Gasteiger partial charge on any atom is 0.336 e. The predicted octanol–water partition coefficient (Wildman–Crippen LogP) is 4.33. The Morgan fingerprint density at radius 1 is 1.05 bits per heavy atom. The molecule has 1 unspecified atom stereocenters. The van der Waals surface area contributed by atoms with Crippen molar-refractivity contribution in [1.82, 2.24) is 10.2 Å². The van der Waals surface area contributed by atoms with Crippen molar-refractivity contribution in [3.8, 4) is 5.75 Å². The van der Waals surface area contributed by atoms with Crippen LogP contribution in [-0.4, -0.2) is 35.8 Å². The van der Waals surface area contributed by atoms with E-state index in [2.05, 4.69) is 5.32 Å². The highest BCUT2D eigenvalue weighted by Crippen LogP contribution is 2.37. The van der Waals surface area contributed by atoms with E-state index in [9.17, 15) is 14.4 Å². The number of amides is 2. The Kier molecular flexibility index (Phi) is 8.40. The van der Waals surface area contributed by atoms with Gasteiger partial charge in [-0.25, -0.2) is 4.79 Å². The van der Waals surface area contributed by atoms with Gasteiger partial charge in [-0.3, -0.25) is 9.59 Å². The maximum absolute atomic E-state index is 13.1. The van der Waals surface area contributed by atoms with E-state index in [1.807, 2.05) is 54.6 Å². The van der Waals surface area contributed by atoms with Gasteiger partial charge in [-0.05, 0) is 49.2 Å². The lowest BCUT2D eigenvalue weighted by Crippen LogP contribution is -2.44. The van der Waals surface area contributed by atoms with Crippen LogP contribution >= 0.6 is 0 Å². The minimum atomic E-state index is -0.497. The predicted molar refractivity (Wildman–Crippen MR) is 136 cm³/mol. The topological polar surface area (TPSA) is 98.1 Å². The average Bonchev–Trinajstić information content (AvgIpc) is 3.43. The van der Waals surface area contributed by atoms with Crippen LogP contribution < -0.4 is 10.1 Å². The number of nitrogens with one attached hydrogen (secondary N) is 1. The van der Waals surface area contributed by atoms with Crippen LogP contribution in [0.25, 0.3) is 0 Å². The van der Waals surface area contributed by atoms with E-state index in [-0.39, 0.29) is 37.9 Å². The Balaban J connectivity index is 1.50. The Morgan fingerprint density at radius 2 is 1.81 bits per heavy atom. The first-order valence-electron chi connectivity index (χ1n) is 12.2. The third kappa shape index (κ3) is 6.46. The molecule has 1 atom stereocenters. The molecular weight excluding hydrogens is 472 g/mol. The van der Waals surface area contributed by atoms with E-state index in [1.54, 1.807) is 26.0 Å². The van der Waals surface area contributed by atoms with Gasteiger partial charge in [0.1, 0.15) is 24.7 Å². The van der Waals surface area contributed by atoms with E-state index in [4.69, 9.17) is 13.9 Å². The summed E-state index contributed by atoms with van der Waals surface area (Å²) in [6.07, 6.45) is 1.57. The van der Waals surface area contributed by atoms with Crippen LogP contribution in [0.15, 0.2) is 88.7 Å². The number of nitrogens with zero attached hydrogens (tertiary/aromatic N) is 1. The molecule has 0 saturated heterocycles. The molecule has 8 nitrogen and oxygen atoms in total. The SMILES string of the molecule is CCOC(=O)C1=C(C)N(CC(=O)NCc2ccco2)C(=O)CC1c1ccc(OCc2ccccc2)cc1. The van der Waals surface area contributed by atoms with Gasteiger partial charge in [0.15, 0.2) is 0 Å². The summed E-state index contributed by atoms with van der Waals surface area (Å²) in [5.41, 5.74) is 2.64. The quantitative estimate of drug-likeness (QED) is 0.415. The van der Waals surface area contributed by atoms with Crippen molar-refractivity contribution in [3.05, 3.63) is 101 Å². The van der Waals surface area contributed by atoms with Crippen molar-refractivity contribution in [2.45, 2.75) is 39.3 Å². The minimum Gasteiger partial charge on any atom is -0.489 e. The molecule has 1 aliphatic heterocycles. The number of benzene rings is 2. The van der Waals surface area contributed by atoms with Crippen LogP contribution in [0.4, 0.5) is 0 Å². The zero-order valence-electron chi connectivity index (χ0n) is 20.9. The molecule has 1 N–H and O–H groups in total. The minimum absolute atomic E-state index is 0.0428. The van der Waals surface area contributed by atoms with Crippen molar-refractivity contribution in [2.75, 3.05) is 13.2 Å². The van der Waals surface area contributed by atoms with E-state index in [1.165, 1.54) is 11.2 Å². The Bertz CT molecular complexity index is 1250. The highest BCUT2D eigenvalue weighted by Gasteiger charge is 2.37. The second kappa shape index (κ2) is 12.1. The number of carbonyl (C=O) groups is 3. The highest BCUT2D eigenvalue weighted by molar-refractivity contribution is 5.97. The molecule has 4 rings (SSSR count). The van der Waals surface area contributed by atoms with E-state index in [0.717, 1.165) is 11.1 Å². The molecule has 0 radical (unpaired) electrons. The molecule has 0 fully saturated rings. The summed E-state index contributed by atoms with van der Waals surface area (Å²) >= 11 is 0. The summed E-state index contributed by atoms with van der Waals surface area (Å²) in [7, 11) is 0. The van der Waals surface area contributed by atoms with Crippen molar-refractivity contribution in [2.24, 2.45) is 0 Å². The third-order valence-electron chi connectivity index (χ3n) is 6.19. The smallest absolute Gasteiger partial charge is 0.336 e. The molecule has 8 heteroatoms. The zero-order chi connectivity index (χ0) is 26.2. The molecule has 0 aliphatic carbocycles. The molecule has 0 bridgehead atoms. The van der Waals surface area contributed by atoms with Crippen molar-refractivity contribution in [3.63, 3.8) is 0 Å². The number of esters is 1. The molecule has 192 valence electrons. The largest absolute Gasteiger partial charge is 0.489 e. The van der Waals surface area contributed by atoms with Gasteiger partial charge in [-0.15, -0.1) is 0 Å². The van der Waals surface area contributed by atoms with Gasteiger partial charge < -0.3 is 24.1 Å². The van der Waals surface area contributed by atoms with Crippen LogP contribution in [0.5, 0.6) is 5.75 Å². The summed E-state index contributed by atoms with van der Waals surface area (Å²) in [6.45, 7) is 4.05. The average molecular weight is 503 g/mol. The number of hydrogen-bond acceptors (Lipinski definition) is 6. The molecule has 2 amide bonds. The summed E-state index contributed by atoms with van der Waals surface area (Å²) in [5, 5.41) is 2.74. The maximum atomic E-state index is 13.1. The number of rotatable bonds is 10. The number of ether oxygens (including phenoxy) is 2. The van der Waals surface area contributed by atoms with Crippen LogP contribution in [0.2, 0.25) is 0 Å². The van der Waals surface area contributed by atoms with Gasteiger partial charge in [0.2, 0.25) is 11.8 Å². The van der Waals surface area contributed by atoms with Gasteiger partial charge in [-0.1, -0.05) is 42.5 Å². The van der Waals surface area contributed by atoms with Crippen molar-refractivity contribution < 1.29 is 28.3 Å². The number of hydrogen-bond donors (Lipinski definition) is 1. The molecule has 37 heavy (non-hydrogen) atoms. The van der Waals surface area contributed by atoms with Gasteiger partial charge in [-0.2, -0.15) is 0 Å². The first kappa shape index (κ1) is 25.8. The number of furan rings is 1. The van der Waals surface area contributed by atoms with Crippen LogP contribution in [0, 0.1) is 0 Å². The monoisotopic (exact) mass is 502 g/mol. The second-order valence-corrected chi connectivity index (χ2v) is 8.66. The third-order valence-corrected chi connectivity index (χ3v) is 6.19. The first-order chi connectivity index (χ1) is 18.0. The van der Waals surface area contributed by atoms with Crippen molar-refractivity contribution in [1.29, 1.82) is 0 Å². The molecule has 2 aromatic carbocycles. The van der Waals surface area contributed by atoms with Gasteiger partial charge in [0, 0.05) is 18.0 Å². The van der Waals surface area contributed by atoms with Gasteiger partial charge in [0.25, 0.3) is 0 Å². The lowest BCUT2D eigenvalue weighted by molar-refractivity contribution is -0.141. The first-order valence-corrected chi connectivity index (χ1v) is 12.2. The Labute approximate surface area is 215 Å². The molecule has 0 spiro atoms.